The summed E-state index contributed by atoms with van der Waals surface area (Å²) in [5.41, 5.74) is 1.27. The Morgan fingerprint density at radius 2 is 2.05 bits per heavy atom. The van der Waals surface area contributed by atoms with Gasteiger partial charge >= 0.3 is 5.97 Å². The van der Waals surface area contributed by atoms with E-state index in [0.29, 0.717) is 36.7 Å². The Bertz CT molecular complexity index is 484. The molecule has 1 aliphatic rings. The molecule has 0 aromatic heterocycles. The molecule has 2 rings (SSSR count). The summed E-state index contributed by atoms with van der Waals surface area (Å²) in [5, 5.41) is 19.6. The topological polar surface area (TPSA) is 60.8 Å². The normalized spacial score (nSPS) is 17.9. The van der Waals surface area contributed by atoms with Crippen molar-refractivity contribution in [1.29, 1.82) is 0 Å². The van der Waals surface area contributed by atoms with Crippen molar-refractivity contribution in [3.63, 3.8) is 0 Å². The molecule has 0 aliphatic carbocycles. The Hall–Kier alpha value is -1.36. The summed E-state index contributed by atoms with van der Waals surface area (Å²) in [6, 6.07) is 7.10. The molecule has 0 radical (unpaired) electrons. The minimum Gasteiger partial charge on any atom is -0.478 e. The minimum atomic E-state index is -0.849. The van der Waals surface area contributed by atoms with Crippen LogP contribution in [0.1, 0.15) is 18.1 Å². The molecule has 1 unspecified atom stereocenters. The smallest absolute Gasteiger partial charge is 0.331 e. The van der Waals surface area contributed by atoms with Crippen molar-refractivity contribution in [3.05, 3.63) is 46.5 Å². The van der Waals surface area contributed by atoms with Crippen LogP contribution >= 0.6 is 11.6 Å². The Labute approximate surface area is 116 Å². The lowest BCUT2D eigenvalue weighted by molar-refractivity contribution is -0.133. The van der Waals surface area contributed by atoms with E-state index in [1.54, 1.807) is 30.3 Å². The van der Waals surface area contributed by atoms with Crippen LogP contribution in [0.25, 0.3) is 0 Å². The first-order valence-corrected chi connectivity index (χ1v) is 6.52. The number of hydrogen-bond donors (Lipinski definition) is 2. The Balaban J connectivity index is 1.92. The first kappa shape index (κ1) is 14.1. The van der Waals surface area contributed by atoms with Crippen molar-refractivity contribution in [3.8, 4) is 0 Å². The SMILES string of the molecule is O=C(O)C1=CCN(CC(O)c2ccc(Cl)cc2)CC1. The van der Waals surface area contributed by atoms with Crippen LogP contribution in [0.2, 0.25) is 5.02 Å². The lowest BCUT2D eigenvalue weighted by Gasteiger charge is -2.27. The zero-order valence-corrected chi connectivity index (χ0v) is 11.2. The molecule has 0 bridgehead atoms. The van der Waals surface area contributed by atoms with E-state index in [-0.39, 0.29) is 0 Å². The highest BCUT2D eigenvalue weighted by atomic mass is 35.5. The number of nitrogens with zero attached hydrogens (tertiary/aromatic N) is 1. The van der Waals surface area contributed by atoms with Crippen molar-refractivity contribution in [2.45, 2.75) is 12.5 Å². The van der Waals surface area contributed by atoms with Gasteiger partial charge in [-0.25, -0.2) is 4.79 Å². The highest BCUT2D eigenvalue weighted by Gasteiger charge is 2.19. The zero-order chi connectivity index (χ0) is 13.8. The standard InChI is InChI=1S/C14H16ClNO3/c15-12-3-1-10(2-4-12)13(17)9-16-7-5-11(6-8-16)14(18)19/h1-5,13,17H,6-9H2,(H,18,19). The number of rotatable bonds is 4. The summed E-state index contributed by atoms with van der Waals surface area (Å²) in [6.07, 6.45) is 1.64. The number of β-amino-alcohol motifs (C(OH)–C–C–N with tert-alkyl or cyclic N) is 1. The fraction of sp³-hybridized carbons (Fsp3) is 0.357. The van der Waals surface area contributed by atoms with Crippen LogP contribution in [-0.2, 0) is 4.79 Å². The predicted octanol–water partition coefficient (Wildman–Crippen LogP) is 2.09. The van der Waals surface area contributed by atoms with Crippen LogP contribution in [0.4, 0.5) is 0 Å². The second-order valence-corrected chi connectivity index (χ2v) is 5.05. The molecule has 0 saturated heterocycles. The number of hydrogen-bond acceptors (Lipinski definition) is 3. The average Bonchev–Trinajstić information content (AvgIpc) is 2.40. The summed E-state index contributed by atoms with van der Waals surface area (Å²) in [7, 11) is 0. The Kier molecular flexibility index (Phi) is 4.58. The number of aliphatic hydroxyl groups excluding tert-OH is 1. The first-order chi connectivity index (χ1) is 9.06. The van der Waals surface area contributed by atoms with Crippen LogP contribution < -0.4 is 0 Å². The van der Waals surface area contributed by atoms with Gasteiger partial charge in [0.1, 0.15) is 0 Å². The van der Waals surface area contributed by atoms with Gasteiger partial charge in [-0.3, -0.25) is 4.90 Å². The Morgan fingerprint density at radius 1 is 1.37 bits per heavy atom. The molecule has 1 heterocycles. The predicted molar refractivity (Wildman–Crippen MR) is 73.2 cm³/mol. The third-order valence-corrected chi connectivity index (χ3v) is 3.51. The fourth-order valence-corrected chi connectivity index (χ4v) is 2.23. The summed E-state index contributed by atoms with van der Waals surface area (Å²) in [6.45, 7) is 1.71. The van der Waals surface area contributed by atoms with Crippen LogP contribution in [0.3, 0.4) is 0 Å². The van der Waals surface area contributed by atoms with E-state index in [0.717, 1.165) is 5.56 Å². The highest BCUT2D eigenvalue weighted by Crippen LogP contribution is 2.19. The van der Waals surface area contributed by atoms with Gasteiger partial charge in [-0.15, -0.1) is 0 Å². The van der Waals surface area contributed by atoms with E-state index in [1.807, 2.05) is 4.90 Å². The van der Waals surface area contributed by atoms with Crippen molar-refractivity contribution in [1.82, 2.24) is 4.90 Å². The second kappa shape index (κ2) is 6.19. The molecule has 1 aromatic carbocycles. The average molecular weight is 282 g/mol. The quantitative estimate of drug-likeness (QED) is 0.887. The maximum atomic E-state index is 10.8. The number of halogens is 1. The number of benzene rings is 1. The molecule has 0 spiro atoms. The number of aliphatic carboxylic acids is 1. The fourth-order valence-electron chi connectivity index (χ4n) is 2.11. The molecule has 2 N–H and O–H groups in total. The lowest BCUT2D eigenvalue weighted by Crippen LogP contribution is -2.33. The third kappa shape index (κ3) is 3.80. The van der Waals surface area contributed by atoms with Gasteiger partial charge in [0, 0.05) is 30.2 Å². The van der Waals surface area contributed by atoms with E-state index in [2.05, 4.69) is 0 Å². The van der Waals surface area contributed by atoms with Crippen LogP contribution in [-0.4, -0.2) is 40.7 Å². The van der Waals surface area contributed by atoms with E-state index >= 15 is 0 Å². The molecule has 0 fully saturated rings. The van der Waals surface area contributed by atoms with E-state index < -0.39 is 12.1 Å². The van der Waals surface area contributed by atoms with E-state index in [4.69, 9.17) is 16.7 Å². The zero-order valence-electron chi connectivity index (χ0n) is 10.4. The van der Waals surface area contributed by atoms with E-state index in [1.165, 1.54) is 0 Å². The van der Waals surface area contributed by atoms with Crippen LogP contribution in [0.15, 0.2) is 35.9 Å². The number of carbonyl (C=O) groups is 1. The van der Waals surface area contributed by atoms with Crippen LogP contribution in [0.5, 0.6) is 0 Å². The maximum absolute atomic E-state index is 10.8. The van der Waals surface area contributed by atoms with Crippen LogP contribution in [0, 0.1) is 0 Å². The van der Waals surface area contributed by atoms with E-state index in [9.17, 15) is 9.90 Å². The largest absolute Gasteiger partial charge is 0.478 e. The maximum Gasteiger partial charge on any atom is 0.331 e. The van der Waals surface area contributed by atoms with Gasteiger partial charge in [0.2, 0.25) is 0 Å². The number of carboxylic acids is 1. The minimum absolute atomic E-state index is 0.456. The van der Waals surface area contributed by atoms with Gasteiger partial charge in [-0.05, 0) is 24.1 Å². The van der Waals surface area contributed by atoms with Crippen molar-refractivity contribution < 1.29 is 15.0 Å². The molecule has 102 valence electrons. The lowest BCUT2D eigenvalue weighted by atomic mass is 10.1. The summed E-state index contributed by atoms with van der Waals surface area (Å²) < 4.78 is 0. The Morgan fingerprint density at radius 3 is 2.58 bits per heavy atom. The van der Waals surface area contributed by atoms with Gasteiger partial charge in [0.25, 0.3) is 0 Å². The molecule has 1 aromatic rings. The second-order valence-electron chi connectivity index (χ2n) is 4.61. The van der Waals surface area contributed by atoms with Crippen molar-refractivity contribution in [2.75, 3.05) is 19.6 Å². The monoisotopic (exact) mass is 281 g/mol. The first-order valence-electron chi connectivity index (χ1n) is 6.14. The summed E-state index contributed by atoms with van der Waals surface area (Å²) in [5.74, 6) is -0.849. The molecule has 0 amide bonds. The molecule has 1 aliphatic heterocycles. The van der Waals surface area contributed by atoms with Gasteiger partial charge in [-0.1, -0.05) is 29.8 Å². The van der Waals surface area contributed by atoms with Gasteiger partial charge in [-0.2, -0.15) is 0 Å². The van der Waals surface area contributed by atoms with Gasteiger partial charge in [0.15, 0.2) is 0 Å². The highest BCUT2D eigenvalue weighted by molar-refractivity contribution is 6.30. The number of carboxylic acid groups (broad SMARTS) is 1. The molecule has 5 heteroatoms. The van der Waals surface area contributed by atoms with Gasteiger partial charge < -0.3 is 10.2 Å². The third-order valence-electron chi connectivity index (χ3n) is 3.25. The summed E-state index contributed by atoms with van der Waals surface area (Å²) >= 11 is 5.80. The molecule has 0 saturated carbocycles. The molecular formula is C14H16ClNO3. The van der Waals surface area contributed by atoms with Crippen molar-refractivity contribution >= 4 is 17.6 Å². The summed E-state index contributed by atoms with van der Waals surface area (Å²) in [4.78, 5) is 12.8. The molecule has 1 atom stereocenters. The number of aliphatic hydroxyl groups is 1. The molecular weight excluding hydrogens is 266 g/mol. The molecule has 19 heavy (non-hydrogen) atoms. The van der Waals surface area contributed by atoms with Crippen molar-refractivity contribution in [2.24, 2.45) is 0 Å². The van der Waals surface area contributed by atoms with Gasteiger partial charge in [0.05, 0.1) is 6.10 Å². The molecule has 4 nitrogen and oxygen atoms in total.